The summed E-state index contributed by atoms with van der Waals surface area (Å²) in [6.45, 7) is 8.68. The zero-order chi connectivity index (χ0) is 16.5. The first-order valence-corrected chi connectivity index (χ1v) is 8.17. The number of nitrogens with zero attached hydrogens (tertiary/aromatic N) is 2. The van der Waals surface area contributed by atoms with Crippen LogP contribution in [0.4, 0.5) is 0 Å². The number of aryl methyl sites for hydroxylation is 2. The second-order valence-corrected chi connectivity index (χ2v) is 5.62. The molecule has 0 aliphatic rings. The lowest BCUT2D eigenvalue weighted by Gasteiger charge is -2.12. The molecule has 0 unspecified atom stereocenters. The molecule has 122 valence electrons. The normalized spacial score (nSPS) is 11.3. The van der Waals surface area contributed by atoms with Gasteiger partial charge in [-0.05, 0) is 44.0 Å². The van der Waals surface area contributed by atoms with Crippen molar-refractivity contribution < 1.29 is 0 Å². The Morgan fingerprint density at radius 3 is 2.70 bits per heavy atom. The molecule has 4 nitrogen and oxygen atoms in total. The predicted octanol–water partition coefficient (Wildman–Crippen LogP) is 3.00. The van der Waals surface area contributed by atoms with E-state index in [-0.39, 0.29) is 0 Å². The van der Waals surface area contributed by atoms with Crippen LogP contribution in [-0.4, -0.2) is 24.0 Å². The summed E-state index contributed by atoms with van der Waals surface area (Å²) < 4.78 is 0. The molecule has 2 rings (SSSR count). The van der Waals surface area contributed by atoms with Crippen LogP contribution in [0.15, 0.2) is 47.6 Å². The van der Waals surface area contributed by atoms with E-state index in [2.05, 4.69) is 59.6 Å². The van der Waals surface area contributed by atoms with E-state index in [1.54, 1.807) is 0 Å². The van der Waals surface area contributed by atoms with Gasteiger partial charge in [-0.25, -0.2) is 4.99 Å². The van der Waals surface area contributed by atoms with Gasteiger partial charge in [0.2, 0.25) is 0 Å². The Morgan fingerprint density at radius 1 is 1.13 bits per heavy atom. The molecule has 0 atom stereocenters. The van der Waals surface area contributed by atoms with E-state index in [9.17, 15) is 0 Å². The third-order valence-electron chi connectivity index (χ3n) is 3.65. The molecule has 1 aromatic heterocycles. The molecule has 2 N–H and O–H groups in total. The van der Waals surface area contributed by atoms with Crippen LogP contribution in [0, 0.1) is 13.8 Å². The zero-order valence-corrected chi connectivity index (χ0v) is 14.3. The Morgan fingerprint density at radius 2 is 2.00 bits per heavy atom. The number of benzene rings is 1. The first kappa shape index (κ1) is 17.0. The highest BCUT2D eigenvalue weighted by Gasteiger charge is 2.01. The molecule has 0 radical (unpaired) electrons. The Kier molecular flexibility index (Phi) is 6.60. The Balaban J connectivity index is 1.91. The van der Waals surface area contributed by atoms with Gasteiger partial charge in [-0.15, -0.1) is 0 Å². The molecule has 0 fully saturated rings. The minimum atomic E-state index is 0.686. The van der Waals surface area contributed by atoms with Crippen molar-refractivity contribution in [3.8, 4) is 0 Å². The Labute approximate surface area is 139 Å². The smallest absolute Gasteiger partial charge is 0.191 e. The summed E-state index contributed by atoms with van der Waals surface area (Å²) in [4.78, 5) is 9.01. The third kappa shape index (κ3) is 5.74. The molecule has 23 heavy (non-hydrogen) atoms. The first-order chi connectivity index (χ1) is 11.2. The van der Waals surface area contributed by atoms with Crippen molar-refractivity contribution in [2.75, 3.05) is 13.1 Å². The lowest BCUT2D eigenvalue weighted by Crippen LogP contribution is -2.38. The summed E-state index contributed by atoms with van der Waals surface area (Å²) in [5.74, 6) is 0.850. The second kappa shape index (κ2) is 8.93. The average Bonchev–Trinajstić information content (AvgIpc) is 2.55. The number of hydrogen-bond donors (Lipinski definition) is 2. The van der Waals surface area contributed by atoms with E-state index >= 15 is 0 Å². The average molecular weight is 310 g/mol. The summed E-state index contributed by atoms with van der Waals surface area (Å²) in [6, 6.07) is 12.5. The molecule has 0 aliphatic carbocycles. The third-order valence-corrected chi connectivity index (χ3v) is 3.65. The molecule has 0 amide bonds. The van der Waals surface area contributed by atoms with Crippen LogP contribution in [0.3, 0.4) is 0 Å². The number of aliphatic imine (C=N–C) groups is 1. The molecule has 0 bridgehead atoms. The van der Waals surface area contributed by atoms with E-state index in [1.807, 2.05) is 24.4 Å². The van der Waals surface area contributed by atoms with E-state index in [0.717, 1.165) is 31.2 Å². The number of pyridine rings is 1. The van der Waals surface area contributed by atoms with Crippen LogP contribution in [0.1, 0.15) is 29.3 Å². The maximum Gasteiger partial charge on any atom is 0.191 e. The maximum absolute atomic E-state index is 4.68. The lowest BCUT2D eigenvalue weighted by molar-refractivity contribution is 0.788. The summed E-state index contributed by atoms with van der Waals surface area (Å²) >= 11 is 0. The summed E-state index contributed by atoms with van der Waals surface area (Å²) in [5.41, 5.74) is 4.93. The highest BCUT2D eigenvalue weighted by molar-refractivity contribution is 5.79. The Bertz CT molecular complexity index is 635. The van der Waals surface area contributed by atoms with Gasteiger partial charge in [0, 0.05) is 31.4 Å². The SMILES string of the molecule is CCNC(=NCc1ccc(C)cc1C)NCCc1ccccn1. The molecule has 0 spiro atoms. The molecular formula is C19H26N4. The number of guanidine groups is 1. The topological polar surface area (TPSA) is 49.3 Å². The molecule has 0 saturated heterocycles. The van der Waals surface area contributed by atoms with Crippen LogP contribution in [0.5, 0.6) is 0 Å². The van der Waals surface area contributed by atoms with E-state index in [4.69, 9.17) is 0 Å². The van der Waals surface area contributed by atoms with Crippen molar-refractivity contribution in [3.05, 3.63) is 65.0 Å². The number of hydrogen-bond acceptors (Lipinski definition) is 2. The monoisotopic (exact) mass is 310 g/mol. The van der Waals surface area contributed by atoms with Gasteiger partial charge in [0.05, 0.1) is 6.54 Å². The van der Waals surface area contributed by atoms with Gasteiger partial charge in [-0.3, -0.25) is 4.98 Å². The van der Waals surface area contributed by atoms with Crippen LogP contribution in [0.2, 0.25) is 0 Å². The van der Waals surface area contributed by atoms with Gasteiger partial charge in [-0.1, -0.05) is 29.8 Å². The first-order valence-electron chi connectivity index (χ1n) is 8.17. The lowest BCUT2D eigenvalue weighted by atomic mass is 10.1. The minimum Gasteiger partial charge on any atom is -0.357 e. The van der Waals surface area contributed by atoms with Gasteiger partial charge in [0.1, 0.15) is 0 Å². The Hall–Kier alpha value is -2.36. The van der Waals surface area contributed by atoms with Gasteiger partial charge < -0.3 is 10.6 Å². The highest BCUT2D eigenvalue weighted by Crippen LogP contribution is 2.11. The van der Waals surface area contributed by atoms with Crippen molar-refractivity contribution >= 4 is 5.96 Å². The van der Waals surface area contributed by atoms with Crippen LogP contribution >= 0.6 is 0 Å². The second-order valence-electron chi connectivity index (χ2n) is 5.62. The fourth-order valence-electron chi connectivity index (χ4n) is 2.38. The minimum absolute atomic E-state index is 0.686. The maximum atomic E-state index is 4.68. The molecule has 1 heterocycles. The van der Waals surface area contributed by atoms with Gasteiger partial charge in [0.25, 0.3) is 0 Å². The highest BCUT2D eigenvalue weighted by atomic mass is 15.2. The number of rotatable bonds is 6. The van der Waals surface area contributed by atoms with Gasteiger partial charge in [0.15, 0.2) is 5.96 Å². The molecule has 1 aromatic carbocycles. The number of nitrogens with one attached hydrogen (secondary N) is 2. The quantitative estimate of drug-likeness (QED) is 0.637. The van der Waals surface area contributed by atoms with Crippen molar-refractivity contribution in [3.63, 3.8) is 0 Å². The van der Waals surface area contributed by atoms with Crippen molar-refractivity contribution in [1.82, 2.24) is 15.6 Å². The van der Waals surface area contributed by atoms with Gasteiger partial charge >= 0.3 is 0 Å². The molecule has 2 aromatic rings. The van der Waals surface area contributed by atoms with Crippen molar-refractivity contribution in [2.45, 2.75) is 33.7 Å². The summed E-state index contributed by atoms with van der Waals surface area (Å²) in [7, 11) is 0. The van der Waals surface area contributed by atoms with E-state index in [0.29, 0.717) is 6.54 Å². The van der Waals surface area contributed by atoms with Crippen LogP contribution < -0.4 is 10.6 Å². The fraction of sp³-hybridized carbons (Fsp3) is 0.368. The van der Waals surface area contributed by atoms with E-state index < -0.39 is 0 Å². The van der Waals surface area contributed by atoms with E-state index in [1.165, 1.54) is 16.7 Å². The summed E-state index contributed by atoms with van der Waals surface area (Å²) in [6.07, 6.45) is 2.71. The largest absolute Gasteiger partial charge is 0.357 e. The molecule has 4 heteroatoms. The summed E-state index contributed by atoms with van der Waals surface area (Å²) in [5, 5.41) is 6.66. The van der Waals surface area contributed by atoms with Crippen molar-refractivity contribution in [1.29, 1.82) is 0 Å². The van der Waals surface area contributed by atoms with Gasteiger partial charge in [-0.2, -0.15) is 0 Å². The predicted molar refractivity (Wildman–Crippen MR) is 96.7 cm³/mol. The molecular weight excluding hydrogens is 284 g/mol. The molecule has 0 aliphatic heterocycles. The van der Waals surface area contributed by atoms with Crippen LogP contribution in [-0.2, 0) is 13.0 Å². The van der Waals surface area contributed by atoms with Crippen LogP contribution in [0.25, 0.3) is 0 Å². The number of aromatic nitrogens is 1. The zero-order valence-electron chi connectivity index (χ0n) is 14.3. The van der Waals surface area contributed by atoms with Crippen molar-refractivity contribution in [2.24, 2.45) is 4.99 Å². The standard InChI is InChI=1S/C19H26N4/c1-4-20-19(22-12-10-18-7-5-6-11-21-18)23-14-17-9-8-15(2)13-16(17)3/h5-9,11,13H,4,10,12,14H2,1-3H3,(H2,20,22,23). The fourth-order valence-corrected chi connectivity index (χ4v) is 2.38. The molecule has 0 saturated carbocycles.